The molecule has 3 atom stereocenters. The predicted molar refractivity (Wildman–Crippen MR) is 55.0 cm³/mol. The Hall–Kier alpha value is -0.370. The summed E-state index contributed by atoms with van der Waals surface area (Å²) < 4.78 is 0. The van der Waals surface area contributed by atoms with Gasteiger partial charge < -0.3 is 4.90 Å². The molecule has 0 aromatic heterocycles. The van der Waals surface area contributed by atoms with Crippen molar-refractivity contribution >= 4 is 5.78 Å². The number of hydrogen-bond donors (Lipinski definition) is 0. The standard InChI is InChI=1S/C12H19NO/c14-12-10-4-3-9(7-10)11(12)8-13-5-1-2-6-13/h9-11H,1-8H2. The maximum absolute atomic E-state index is 11.9. The summed E-state index contributed by atoms with van der Waals surface area (Å²) in [5, 5.41) is 0. The largest absolute Gasteiger partial charge is 0.303 e. The fraction of sp³-hybridized carbons (Fsp3) is 0.917. The third-order valence-electron chi connectivity index (χ3n) is 4.46. The van der Waals surface area contributed by atoms with Gasteiger partial charge in [0.2, 0.25) is 0 Å². The topological polar surface area (TPSA) is 20.3 Å². The minimum absolute atomic E-state index is 0.423. The molecule has 3 aliphatic rings. The molecule has 2 nitrogen and oxygen atoms in total. The molecule has 2 saturated carbocycles. The molecule has 3 fully saturated rings. The zero-order valence-electron chi connectivity index (χ0n) is 8.74. The molecule has 3 rings (SSSR count). The molecule has 1 heterocycles. The van der Waals surface area contributed by atoms with Crippen LogP contribution in [0.5, 0.6) is 0 Å². The number of Topliss-reactive ketones (excluding diaryl/α,β-unsaturated/α-hetero) is 1. The van der Waals surface area contributed by atoms with E-state index in [0.29, 0.717) is 17.6 Å². The van der Waals surface area contributed by atoms with Crippen LogP contribution in [0, 0.1) is 17.8 Å². The number of rotatable bonds is 2. The van der Waals surface area contributed by atoms with Gasteiger partial charge in [-0.05, 0) is 51.1 Å². The number of ketones is 1. The van der Waals surface area contributed by atoms with E-state index in [4.69, 9.17) is 0 Å². The summed E-state index contributed by atoms with van der Waals surface area (Å²) in [5.41, 5.74) is 0. The van der Waals surface area contributed by atoms with Crippen LogP contribution in [-0.4, -0.2) is 30.3 Å². The van der Waals surface area contributed by atoms with Crippen LogP contribution in [-0.2, 0) is 4.79 Å². The highest BCUT2D eigenvalue weighted by Gasteiger charge is 2.46. The highest BCUT2D eigenvalue weighted by Crippen LogP contribution is 2.46. The molecule has 3 unspecified atom stereocenters. The van der Waals surface area contributed by atoms with Crippen molar-refractivity contribution in [2.75, 3.05) is 19.6 Å². The van der Waals surface area contributed by atoms with E-state index < -0.39 is 0 Å². The monoisotopic (exact) mass is 193 g/mol. The van der Waals surface area contributed by atoms with Gasteiger partial charge in [-0.1, -0.05) is 0 Å². The zero-order chi connectivity index (χ0) is 9.54. The fourth-order valence-corrected chi connectivity index (χ4v) is 3.66. The van der Waals surface area contributed by atoms with Gasteiger partial charge in [-0.15, -0.1) is 0 Å². The number of fused-ring (bicyclic) bond motifs is 2. The highest BCUT2D eigenvalue weighted by atomic mass is 16.1. The number of carbonyl (C=O) groups excluding carboxylic acids is 1. The van der Waals surface area contributed by atoms with Crippen molar-refractivity contribution < 1.29 is 4.79 Å². The first kappa shape index (κ1) is 8.90. The van der Waals surface area contributed by atoms with Gasteiger partial charge >= 0.3 is 0 Å². The van der Waals surface area contributed by atoms with Crippen molar-refractivity contribution in [3.8, 4) is 0 Å². The van der Waals surface area contributed by atoms with Crippen LogP contribution in [0.25, 0.3) is 0 Å². The van der Waals surface area contributed by atoms with Gasteiger partial charge in [0.25, 0.3) is 0 Å². The average molecular weight is 193 g/mol. The molecule has 0 radical (unpaired) electrons. The van der Waals surface area contributed by atoms with Crippen LogP contribution in [0.4, 0.5) is 0 Å². The highest BCUT2D eigenvalue weighted by molar-refractivity contribution is 5.87. The lowest BCUT2D eigenvalue weighted by atomic mass is 9.87. The Balaban J connectivity index is 1.64. The van der Waals surface area contributed by atoms with Gasteiger partial charge in [-0.3, -0.25) is 4.79 Å². The molecule has 78 valence electrons. The van der Waals surface area contributed by atoms with Crippen molar-refractivity contribution in [3.63, 3.8) is 0 Å². The molecule has 1 aliphatic heterocycles. The molecular formula is C12H19NO. The van der Waals surface area contributed by atoms with Gasteiger partial charge in [-0.25, -0.2) is 0 Å². The fourth-order valence-electron chi connectivity index (χ4n) is 3.66. The SMILES string of the molecule is O=C1C2CCC(C2)C1CN1CCCC1. The van der Waals surface area contributed by atoms with Gasteiger partial charge in [-0.2, -0.15) is 0 Å². The number of nitrogens with zero attached hydrogens (tertiary/aromatic N) is 1. The Kier molecular flexibility index (Phi) is 2.12. The van der Waals surface area contributed by atoms with Gasteiger partial charge in [0, 0.05) is 18.4 Å². The summed E-state index contributed by atoms with van der Waals surface area (Å²) in [7, 11) is 0. The summed E-state index contributed by atoms with van der Waals surface area (Å²) in [5.74, 6) is 2.25. The number of carbonyl (C=O) groups is 1. The molecule has 0 aromatic rings. The first-order chi connectivity index (χ1) is 6.84. The van der Waals surface area contributed by atoms with Gasteiger partial charge in [0.05, 0.1) is 0 Å². The van der Waals surface area contributed by atoms with E-state index in [9.17, 15) is 4.79 Å². The van der Waals surface area contributed by atoms with Crippen LogP contribution >= 0.6 is 0 Å². The molecule has 14 heavy (non-hydrogen) atoms. The van der Waals surface area contributed by atoms with Gasteiger partial charge in [0.1, 0.15) is 5.78 Å². The molecule has 1 saturated heterocycles. The molecule has 2 bridgehead atoms. The number of hydrogen-bond acceptors (Lipinski definition) is 2. The van der Waals surface area contributed by atoms with Crippen LogP contribution in [0.1, 0.15) is 32.1 Å². The lowest BCUT2D eigenvalue weighted by Gasteiger charge is -2.25. The van der Waals surface area contributed by atoms with E-state index >= 15 is 0 Å². The summed E-state index contributed by atoms with van der Waals surface area (Å²) in [6, 6.07) is 0. The average Bonchev–Trinajstić information content (AvgIpc) is 2.87. The zero-order valence-corrected chi connectivity index (χ0v) is 8.74. The molecule has 0 spiro atoms. The Morgan fingerprint density at radius 1 is 1.21 bits per heavy atom. The van der Waals surface area contributed by atoms with Crippen LogP contribution in [0.3, 0.4) is 0 Å². The molecule has 0 N–H and O–H groups in total. The summed E-state index contributed by atoms with van der Waals surface area (Å²) in [4.78, 5) is 14.4. The molecule has 0 amide bonds. The molecule has 2 heteroatoms. The van der Waals surface area contributed by atoms with Crippen LogP contribution < -0.4 is 0 Å². The predicted octanol–water partition coefficient (Wildman–Crippen LogP) is 1.70. The van der Waals surface area contributed by atoms with E-state index in [-0.39, 0.29) is 0 Å². The Labute approximate surface area is 85.7 Å². The molecule has 2 aliphatic carbocycles. The lowest BCUT2D eigenvalue weighted by Crippen LogP contribution is -2.34. The molecule has 0 aromatic carbocycles. The molecular weight excluding hydrogens is 174 g/mol. The summed E-state index contributed by atoms with van der Waals surface area (Å²) >= 11 is 0. The summed E-state index contributed by atoms with van der Waals surface area (Å²) in [6.07, 6.45) is 6.43. The smallest absolute Gasteiger partial charge is 0.140 e. The second kappa shape index (κ2) is 3.34. The minimum atomic E-state index is 0.423. The van der Waals surface area contributed by atoms with Crippen molar-refractivity contribution in [2.24, 2.45) is 17.8 Å². The third-order valence-corrected chi connectivity index (χ3v) is 4.46. The Bertz CT molecular complexity index is 245. The first-order valence-electron chi connectivity index (χ1n) is 6.10. The van der Waals surface area contributed by atoms with E-state index in [1.807, 2.05) is 0 Å². The second-order valence-electron chi connectivity index (χ2n) is 5.29. The Morgan fingerprint density at radius 3 is 2.64 bits per heavy atom. The maximum atomic E-state index is 11.9. The van der Waals surface area contributed by atoms with E-state index in [0.717, 1.165) is 12.5 Å². The summed E-state index contributed by atoms with van der Waals surface area (Å²) in [6.45, 7) is 3.56. The van der Waals surface area contributed by atoms with Crippen LogP contribution in [0.15, 0.2) is 0 Å². The number of likely N-dealkylation sites (tertiary alicyclic amines) is 1. The third kappa shape index (κ3) is 1.31. The van der Waals surface area contributed by atoms with E-state index in [1.54, 1.807) is 0 Å². The second-order valence-corrected chi connectivity index (χ2v) is 5.29. The normalized spacial score (nSPS) is 42.6. The van der Waals surface area contributed by atoms with Crippen LogP contribution in [0.2, 0.25) is 0 Å². The lowest BCUT2D eigenvalue weighted by molar-refractivity contribution is -0.126. The van der Waals surface area contributed by atoms with Crippen molar-refractivity contribution in [2.45, 2.75) is 32.1 Å². The van der Waals surface area contributed by atoms with Gasteiger partial charge in [0.15, 0.2) is 0 Å². The van der Waals surface area contributed by atoms with Crippen molar-refractivity contribution in [1.29, 1.82) is 0 Å². The Morgan fingerprint density at radius 2 is 2.00 bits per heavy atom. The first-order valence-corrected chi connectivity index (χ1v) is 6.10. The van der Waals surface area contributed by atoms with E-state index in [1.165, 1.54) is 45.2 Å². The quantitative estimate of drug-likeness (QED) is 0.665. The minimum Gasteiger partial charge on any atom is -0.303 e. The van der Waals surface area contributed by atoms with Crippen molar-refractivity contribution in [1.82, 2.24) is 4.90 Å². The van der Waals surface area contributed by atoms with E-state index in [2.05, 4.69) is 4.90 Å². The maximum Gasteiger partial charge on any atom is 0.140 e. The van der Waals surface area contributed by atoms with Crippen molar-refractivity contribution in [3.05, 3.63) is 0 Å².